The number of aromatic carboxylic acids is 1. The summed E-state index contributed by atoms with van der Waals surface area (Å²) in [6, 6.07) is 0.735. The van der Waals surface area contributed by atoms with Gasteiger partial charge in [-0.1, -0.05) is 11.6 Å². The molecule has 1 aromatic carbocycles. The van der Waals surface area contributed by atoms with Gasteiger partial charge in [0.15, 0.2) is 17.4 Å². The van der Waals surface area contributed by atoms with Crippen LogP contribution < -0.4 is 4.74 Å². The first-order valence-electron chi connectivity index (χ1n) is 3.43. The lowest BCUT2D eigenvalue weighted by Gasteiger charge is -2.06. The Bertz CT molecular complexity index is 393. The molecule has 0 amide bonds. The number of carbonyl (C=O) groups is 1. The summed E-state index contributed by atoms with van der Waals surface area (Å²) < 4.78 is 30.5. The van der Waals surface area contributed by atoms with Gasteiger partial charge in [0.1, 0.15) is 10.6 Å². The zero-order valence-electron chi connectivity index (χ0n) is 6.97. The van der Waals surface area contributed by atoms with Gasteiger partial charge in [0, 0.05) is 6.07 Å². The Hall–Kier alpha value is -1.36. The Kier molecular flexibility index (Phi) is 2.90. The second-order valence-electron chi connectivity index (χ2n) is 2.37. The first kappa shape index (κ1) is 10.7. The second-order valence-corrected chi connectivity index (χ2v) is 2.75. The molecule has 0 radical (unpaired) electrons. The third-order valence-electron chi connectivity index (χ3n) is 1.56. The molecule has 1 rings (SSSR count). The summed E-state index contributed by atoms with van der Waals surface area (Å²) in [7, 11) is 1.12. The number of hydrogen-bond acceptors (Lipinski definition) is 2. The van der Waals surface area contributed by atoms with Crippen LogP contribution in [0.2, 0.25) is 5.02 Å². The molecule has 76 valence electrons. The van der Waals surface area contributed by atoms with Crippen molar-refractivity contribution in [3.05, 3.63) is 28.3 Å². The molecule has 0 atom stereocenters. The van der Waals surface area contributed by atoms with Crippen LogP contribution in [-0.4, -0.2) is 18.2 Å². The topological polar surface area (TPSA) is 46.5 Å². The van der Waals surface area contributed by atoms with E-state index in [0.29, 0.717) is 0 Å². The van der Waals surface area contributed by atoms with E-state index in [2.05, 4.69) is 4.74 Å². The van der Waals surface area contributed by atoms with Crippen molar-refractivity contribution in [2.75, 3.05) is 7.11 Å². The summed E-state index contributed by atoms with van der Waals surface area (Å²) in [5, 5.41) is 7.64. The molecule has 0 aliphatic carbocycles. The van der Waals surface area contributed by atoms with Crippen molar-refractivity contribution >= 4 is 17.6 Å². The molecule has 0 saturated carbocycles. The van der Waals surface area contributed by atoms with Crippen molar-refractivity contribution in [2.45, 2.75) is 0 Å². The Morgan fingerprint density at radius 2 is 2.07 bits per heavy atom. The van der Waals surface area contributed by atoms with Crippen LogP contribution in [0.15, 0.2) is 6.07 Å². The highest BCUT2D eigenvalue weighted by Crippen LogP contribution is 2.29. The maximum atomic E-state index is 13.0. The summed E-state index contributed by atoms with van der Waals surface area (Å²) >= 11 is 5.22. The zero-order chi connectivity index (χ0) is 10.9. The van der Waals surface area contributed by atoms with E-state index in [9.17, 15) is 13.6 Å². The molecule has 0 heterocycles. The van der Waals surface area contributed by atoms with Crippen molar-refractivity contribution in [3.63, 3.8) is 0 Å². The number of benzene rings is 1. The highest BCUT2D eigenvalue weighted by atomic mass is 35.5. The van der Waals surface area contributed by atoms with E-state index in [0.717, 1.165) is 13.2 Å². The minimum absolute atomic E-state index is 0.409. The van der Waals surface area contributed by atoms with Crippen molar-refractivity contribution in [1.82, 2.24) is 0 Å². The van der Waals surface area contributed by atoms with Crippen LogP contribution >= 0.6 is 11.6 Å². The third-order valence-corrected chi connectivity index (χ3v) is 1.90. The van der Waals surface area contributed by atoms with Crippen LogP contribution in [0.4, 0.5) is 8.78 Å². The van der Waals surface area contributed by atoms with E-state index in [4.69, 9.17) is 16.7 Å². The molecule has 6 heteroatoms. The molecule has 0 bridgehead atoms. The highest BCUT2D eigenvalue weighted by Gasteiger charge is 2.21. The van der Waals surface area contributed by atoms with E-state index in [1.807, 2.05) is 0 Å². The minimum Gasteiger partial charge on any atom is -0.494 e. The SMILES string of the molecule is COc1cc(C(=O)O)c(F)c(Cl)c1F. The lowest BCUT2D eigenvalue weighted by molar-refractivity contribution is 0.0691. The second kappa shape index (κ2) is 3.79. The van der Waals surface area contributed by atoms with E-state index in [1.54, 1.807) is 0 Å². The molecular weight excluding hydrogens is 218 g/mol. The smallest absolute Gasteiger partial charge is 0.338 e. The van der Waals surface area contributed by atoms with Gasteiger partial charge >= 0.3 is 5.97 Å². The highest BCUT2D eigenvalue weighted by molar-refractivity contribution is 6.31. The van der Waals surface area contributed by atoms with E-state index >= 15 is 0 Å². The predicted octanol–water partition coefficient (Wildman–Crippen LogP) is 2.33. The van der Waals surface area contributed by atoms with Gasteiger partial charge in [-0.25, -0.2) is 13.6 Å². The average Bonchev–Trinajstić information content (AvgIpc) is 2.14. The summed E-state index contributed by atoms with van der Waals surface area (Å²) in [5.41, 5.74) is -0.728. The molecule has 0 spiro atoms. The Labute approximate surface area is 82.9 Å². The molecule has 0 fully saturated rings. The van der Waals surface area contributed by atoms with E-state index in [1.165, 1.54) is 0 Å². The number of ether oxygens (including phenoxy) is 1. The van der Waals surface area contributed by atoms with Crippen LogP contribution in [-0.2, 0) is 0 Å². The summed E-state index contributed by atoms with van der Waals surface area (Å²) in [6.45, 7) is 0. The van der Waals surface area contributed by atoms with Crippen LogP contribution in [0.3, 0.4) is 0 Å². The molecule has 0 unspecified atom stereocenters. The summed E-state index contributed by atoms with van der Waals surface area (Å²) in [6.07, 6.45) is 0. The number of rotatable bonds is 2. The molecule has 0 aromatic heterocycles. The van der Waals surface area contributed by atoms with Gasteiger partial charge in [0.05, 0.1) is 7.11 Å². The van der Waals surface area contributed by atoms with Gasteiger partial charge in [-0.3, -0.25) is 0 Å². The molecule has 0 saturated heterocycles. The Morgan fingerprint density at radius 3 is 2.50 bits per heavy atom. The van der Waals surface area contributed by atoms with E-state index < -0.39 is 33.9 Å². The quantitative estimate of drug-likeness (QED) is 0.782. The lowest BCUT2D eigenvalue weighted by Crippen LogP contribution is -2.04. The molecular formula is C8H5ClF2O3. The van der Waals surface area contributed by atoms with E-state index in [-0.39, 0.29) is 0 Å². The third kappa shape index (κ3) is 1.63. The van der Waals surface area contributed by atoms with Crippen LogP contribution in [0.5, 0.6) is 5.75 Å². The number of halogens is 3. The van der Waals surface area contributed by atoms with Crippen molar-refractivity contribution in [2.24, 2.45) is 0 Å². The van der Waals surface area contributed by atoms with Crippen LogP contribution in [0, 0.1) is 11.6 Å². The number of carboxylic acids is 1. The fraction of sp³-hybridized carbons (Fsp3) is 0.125. The van der Waals surface area contributed by atoms with Crippen molar-refractivity contribution in [1.29, 1.82) is 0 Å². The molecule has 0 aliphatic rings. The maximum Gasteiger partial charge on any atom is 0.338 e. The zero-order valence-corrected chi connectivity index (χ0v) is 7.73. The molecule has 1 aromatic rings. The first-order chi connectivity index (χ1) is 6.49. The fourth-order valence-electron chi connectivity index (χ4n) is 0.885. The monoisotopic (exact) mass is 222 g/mol. The first-order valence-corrected chi connectivity index (χ1v) is 3.81. The standard InChI is InChI=1S/C8H5ClF2O3/c1-14-4-2-3(8(12)13)6(10)5(9)7(4)11/h2H,1H3,(H,12,13). The van der Waals surface area contributed by atoms with Gasteiger partial charge in [-0.15, -0.1) is 0 Å². The number of methoxy groups -OCH3 is 1. The lowest BCUT2D eigenvalue weighted by atomic mass is 10.2. The fourth-order valence-corrected chi connectivity index (χ4v) is 1.08. The minimum atomic E-state index is -1.54. The number of hydrogen-bond donors (Lipinski definition) is 1. The van der Waals surface area contributed by atoms with Crippen molar-refractivity contribution in [3.8, 4) is 5.75 Å². The molecule has 0 aliphatic heterocycles. The molecule has 1 N–H and O–H groups in total. The van der Waals surface area contributed by atoms with Gasteiger partial charge in [0.25, 0.3) is 0 Å². The van der Waals surface area contributed by atoms with Crippen LogP contribution in [0.25, 0.3) is 0 Å². The normalized spacial score (nSPS) is 10.0. The maximum absolute atomic E-state index is 13.0. The van der Waals surface area contributed by atoms with Gasteiger partial charge in [-0.2, -0.15) is 0 Å². The Balaban J connectivity index is 3.48. The predicted molar refractivity (Wildman–Crippen MR) is 44.9 cm³/mol. The van der Waals surface area contributed by atoms with Gasteiger partial charge < -0.3 is 9.84 Å². The number of carboxylic acid groups (broad SMARTS) is 1. The molecule has 3 nitrogen and oxygen atoms in total. The van der Waals surface area contributed by atoms with Crippen LogP contribution in [0.1, 0.15) is 10.4 Å². The van der Waals surface area contributed by atoms with Gasteiger partial charge in [0.2, 0.25) is 0 Å². The van der Waals surface area contributed by atoms with Gasteiger partial charge in [-0.05, 0) is 0 Å². The summed E-state index contributed by atoms with van der Waals surface area (Å²) in [5.74, 6) is -4.37. The largest absolute Gasteiger partial charge is 0.494 e. The summed E-state index contributed by atoms with van der Waals surface area (Å²) in [4.78, 5) is 10.5. The molecule has 14 heavy (non-hydrogen) atoms. The Morgan fingerprint density at radius 1 is 1.50 bits per heavy atom. The van der Waals surface area contributed by atoms with Crippen molar-refractivity contribution < 1.29 is 23.4 Å². The average molecular weight is 223 g/mol.